The molecule has 2 rings (SSSR count). The zero-order chi connectivity index (χ0) is 20.8. The lowest BCUT2D eigenvalue weighted by atomic mass is 10.1. The molecule has 0 fully saturated rings. The van der Waals surface area contributed by atoms with Crippen molar-refractivity contribution in [2.75, 3.05) is 17.2 Å². The highest BCUT2D eigenvalue weighted by molar-refractivity contribution is 9.10. The van der Waals surface area contributed by atoms with Crippen LogP contribution < -0.4 is 21.9 Å². The van der Waals surface area contributed by atoms with Gasteiger partial charge in [0.2, 0.25) is 5.91 Å². The summed E-state index contributed by atoms with van der Waals surface area (Å²) in [5.74, 6) is -0.0930. The molecule has 28 heavy (non-hydrogen) atoms. The van der Waals surface area contributed by atoms with Gasteiger partial charge in [-0.2, -0.15) is 0 Å². The predicted octanol–water partition coefficient (Wildman–Crippen LogP) is 2.91. The number of carbonyl (C=O) groups excluding carboxylic acids is 1. The molecule has 1 amide bonds. The Bertz CT molecular complexity index is 932. The van der Waals surface area contributed by atoms with Crippen LogP contribution in [0, 0.1) is 5.92 Å². The van der Waals surface area contributed by atoms with Crippen LogP contribution in [0.2, 0.25) is 0 Å². The molecule has 7 nitrogen and oxygen atoms in total. The third-order valence-corrected chi connectivity index (χ3v) is 4.87. The summed E-state index contributed by atoms with van der Waals surface area (Å²) >= 11 is 3.37. The minimum absolute atomic E-state index is 0.0343. The largest absolute Gasteiger partial charge is 0.383 e. The van der Waals surface area contributed by atoms with Crippen molar-refractivity contribution in [1.29, 1.82) is 0 Å². The van der Waals surface area contributed by atoms with Gasteiger partial charge in [0.25, 0.3) is 5.56 Å². The van der Waals surface area contributed by atoms with Crippen LogP contribution in [0.15, 0.2) is 38.3 Å². The number of benzene rings is 1. The van der Waals surface area contributed by atoms with Crippen LogP contribution in [0.4, 0.5) is 11.5 Å². The lowest BCUT2D eigenvalue weighted by Crippen LogP contribution is -2.43. The Morgan fingerprint density at radius 3 is 2.46 bits per heavy atom. The first-order valence-corrected chi connectivity index (χ1v) is 10.2. The van der Waals surface area contributed by atoms with Gasteiger partial charge < -0.3 is 10.6 Å². The molecular weight excluding hydrogens is 424 g/mol. The zero-order valence-corrected chi connectivity index (χ0v) is 18.1. The average molecular weight is 451 g/mol. The lowest BCUT2D eigenvalue weighted by Gasteiger charge is -2.26. The van der Waals surface area contributed by atoms with E-state index in [4.69, 9.17) is 5.73 Å². The Morgan fingerprint density at radius 2 is 1.89 bits per heavy atom. The average Bonchev–Trinajstić information content (AvgIpc) is 2.62. The molecule has 152 valence electrons. The molecule has 8 heteroatoms. The number of amides is 1. The maximum absolute atomic E-state index is 13.1. The van der Waals surface area contributed by atoms with Gasteiger partial charge >= 0.3 is 5.69 Å². The molecule has 0 aliphatic rings. The number of aromatic nitrogens is 2. The van der Waals surface area contributed by atoms with Gasteiger partial charge in [0.1, 0.15) is 5.82 Å². The first-order chi connectivity index (χ1) is 13.2. The number of aromatic amines is 1. The summed E-state index contributed by atoms with van der Waals surface area (Å²) in [7, 11) is 0. The summed E-state index contributed by atoms with van der Waals surface area (Å²) < 4.78 is 2.26. The summed E-state index contributed by atoms with van der Waals surface area (Å²) in [6, 6.07) is 7.43. The highest BCUT2D eigenvalue weighted by atomic mass is 79.9. The van der Waals surface area contributed by atoms with Gasteiger partial charge in [0.05, 0.1) is 6.42 Å². The highest BCUT2D eigenvalue weighted by Gasteiger charge is 2.25. The number of unbranched alkanes of at least 4 members (excludes halogenated alkanes) is 1. The molecule has 2 aromatic rings. The number of carbonyl (C=O) groups is 1. The third-order valence-electron chi connectivity index (χ3n) is 4.34. The molecule has 0 aliphatic carbocycles. The minimum atomic E-state index is -0.639. The molecule has 0 atom stereocenters. The minimum Gasteiger partial charge on any atom is -0.383 e. The summed E-state index contributed by atoms with van der Waals surface area (Å²) in [5, 5.41) is 0. The third kappa shape index (κ3) is 5.34. The second-order valence-corrected chi connectivity index (χ2v) is 8.12. The topological polar surface area (TPSA) is 101 Å². The van der Waals surface area contributed by atoms with E-state index in [0.717, 1.165) is 22.9 Å². The van der Waals surface area contributed by atoms with Gasteiger partial charge in [0, 0.05) is 17.6 Å². The molecule has 1 aromatic carbocycles. The lowest BCUT2D eigenvalue weighted by molar-refractivity contribution is -0.118. The van der Waals surface area contributed by atoms with E-state index in [1.165, 1.54) is 9.47 Å². The van der Waals surface area contributed by atoms with Crippen LogP contribution in [-0.2, 0) is 17.8 Å². The van der Waals surface area contributed by atoms with Crippen LogP contribution >= 0.6 is 15.9 Å². The Labute approximate surface area is 172 Å². The molecule has 0 radical (unpaired) electrons. The molecule has 0 bridgehead atoms. The maximum Gasteiger partial charge on any atom is 0.330 e. The van der Waals surface area contributed by atoms with E-state index in [1.807, 2.05) is 45.0 Å². The molecule has 1 heterocycles. The highest BCUT2D eigenvalue weighted by Crippen LogP contribution is 2.20. The van der Waals surface area contributed by atoms with Crippen LogP contribution in [0.1, 0.15) is 39.2 Å². The fourth-order valence-electron chi connectivity index (χ4n) is 2.93. The standard InChI is InChI=1S/C20H27BrN4O3/c1-4-5-10-24-18(22)17(19(27)23-20(24)28)25(12-13(2)3)16(26)11-14-6-8-15(21)9-7-14/h6-9,13H,4-5,10-12,22H2,1-3H3,(H,23,27,28). The van der Waals surface area contributed by atoms with E-state index in [2.05, 4.69) is 20.9 Å². The maximum atomic E-state index is 13.1. The van der Waals surface area contributed by atoms with Gasteiger partial charge in [0.15, 0.2) is 5.69 Å². The number of H-pyrrole nitrogens is 1. The quantitative estimate of drug-likeness (QED) is 0.645. The number of hydrogen-bond acceptors (Lipinski definition) is 4. The summed E-state index contributed by atoms with van der Waals surface area (Å²) in [6.45, 7) is 6.63. The molecule has 3 N–H and O–H groups in total. The zero-order valence-electron chi connectivity index (χ0n) is 16.5. The van der Waals surface area contributed by atoms with E-state index in [9.17, 15) is 14.4 Å². The van der Waals surface area contributed by atoms with Crippen molar-refractivity contribution in [3.8, 4) is 0 Å². The fourth-order valence-corrected chi connectivity index (χ4v) is 3.20. The van der Waals surface area contributed by atoms with Crippen LogP contribution in [0.3, 0.4) is 0 Å². The number of nitrogens with zero attached hydrogens (tertiary/aromatic N) is 2. The molecule has 0 saturated carbocycles. The number of nitrogens with two attached hydrogens (primary N) is 1. The Balaban J connectivity index is 2.47. The summed E-state index contributed by atoms with van der Waals surface area (Å²) in [5.41, 5.74) is 5.88. The molecule has 0 unspecified atom stereocenters. The number of anilines is 2. The summed E-state index contributed by atoms with van der Waals surface area (Å²) in [6.07, 6.45) is 1.75. The van der Waals surface area contributed by atoms with Crippen molar-refractivity contribution in [3.63, 3.8) is 0 Å². The van der Waals surface area contributed by atoms with Gasteiger partial charge in [-0.1, -0.05) is 55.3 Å². The van der Waals surface area contributed by atoms with Crippen molar-refractivity contribution in [2.45, 2.75) is 46.6 Å². The van der Waals surface area contributed by atoms with Gasteiger partial charge in [-0.15, -0.1) is 0 Å². The van der Waals surface area contributed by atoms with Crippen LogP contribution in [-0.4, -0.2) is 22.0 Å². The second-order valence-electron chi connectivity index (χ2n) is 7.20. The van der Waals surface area contributed by atoms with Crippen molar-refractivity contribution in [3.05, 3.63) is 55.1 Å². The molecular formula is C20H27BrN4O3. The first-order valence-electron chi connectivity index (χ1n) is 9.42. The van der Waals surface area contributed by atoms with E-state index in [-0.39, 0.29) is 29.8 Å². The number of nitrogens with one attached hydrogen (secondary N) is 1. The second kappa shape index (κ2) is 9.73. The Hall–Kier alpha value is -2.35. The van der Waals surface area contributed by atoms with Gasteiger partial charge in [-0.25, -0.2) is 4.79 Å². The normalized spacial score (nSPS) is 11.0. The smallest absolute Gasteiger partial charge is 0.330 e. The van der Waals surface area contributed by atoms with E-state index >= 15 is 0 Å². The fraction of sp³-hybridized carbons (Fsp3) is 0.450. The SMILES string of the molecule is CCCCn1c(N)c(N(CC(C)C)C(=O)Cc2ccc(Br)cc2)c(=O)[nH]c1=O. The number of hydrogen-bond donors (Lipinski definition) is 2. The van der Waals surface area contributed by atoms with Crippen molar-refractivity contribution < 1.29 is 4.79 Å². The van der Waals surface area contributed by atoms with Crippen molar-refractivity contribution >= 4 is 33.3 Å². The van der Waals surface area contributed by atoms with E-state index in [1.54, 1.807) is 0 Å². The van der Waals surface area contributed by atoms with Crippen LogP contribution in [0.5, 0.6) is 0 Å². The predicted molar refractivity (Wildman–Crippen MR) is 116 cm³/mol. The molecule has 0 aliphatic heterocycles. The molecule has 1 aromatic heterocycles. The van der Waals surface area contributed by atoms with Gasteiger partial charge in [-0.3, -0.25) is 19.1 Å². The van der Waals surface area contributed by atoms with Crippen molar-refractivity contribution in [1.82, 2.24) is 9.55 Å². The van der Waals surface area contributed by atoms with E-state index in [0.29, 0.717) is 13.1 Å². The monoisotopic (exact) mass is 450 g/mol. The number of halogens is 1. The van der Waals surface area contributed by atoms with Gasteiger partial charge in [-0.05, 0) is 30.0 Å². The number of nitrogen functional groups attached to an aromatic ring is 1. The molecule has 0 spiro atoms. The summed E-state index contributed by atoms with van der Waals surface area (Å²) in [4.78, 5) is 41.5. The van der Waals surface area contributed by atoms with Crippen LogP contribution in [0.25, 0.3) is 0 Å². The molecule has 0 saturated heterocycles. The Morgan fingerprint density at radius 1 is 1.25 bits per heavy atom. The van der Waals surface area contributed by atoms with E-state index < -0.39 is 11.2 Å². The Kier molecular flexibility index (Phi) is 7.62. The first kappa shape index (κ1) is 21.9. The van der Waals surface area contributed by atoms with Crippen molar-refractivity contribution in [2.24, 2.45) is 5.92 Å². The number of rotatable bonds is 8.